The second-order valence-electron chi connectivity index (χ2n) is 10.8. The number of amides is 2. The van der Waals surface area contributed by atoms with E-state index in [9.17, 15) is 14.4 Å². The number of carbonyl (C=O) groups is 3. The van der Waals surface area contributed by atoms with Gasteiger partial charge in [-0.15, -0.1) is 0 Å². The Morgan fingerprint density at radius 1 is 1.12 bits per heavy atom. The molecule has 2 aliphatic rings. The van der Waals surface area contributed by atoms with Gasteiger partial charge in [0.1, 0.15) is 11.7 Å². The number of benzene rings is 1. The van der Waals surface area contributed by atoms with Crippen molar-refractivity contribution in [3.8, 4) is 0 Å². The molecule has 1 fully saturated rings. The van der Waals surface area contributed by atoms with Crippen LogP contribution >= 0.6 is 0 Å². The Kier molecular flexibility index (Phi) is 6.96. The fourth-order valence-corrected chi connectivity index (χ4v) is 5.18. The van der Waals surface area contributed by atoms with Crippen LogP contribution in [0.25, 0.3) is 0 Å². The lowest BCUT2D eigenvalue weighted by atomic mass is 9.75. The molecule has 1 aromatic carbocycles. The highest BCUT2D eigenvalue weighted by molar-refractivity contribution is 6.05. The van der Waals surface area contributed by atoms with Crippen LogP contribution in [0.15, 0.2) is 30.3 Å². The van der Waals surface area contributed by atoms with Gasteiger partial charge in [0.15, 0.2) is 5.78 Å². The zero-order valence-electron chi connectivity index (χ0n) is 20.8. The van der Waals surface area contributed by atoms with E-state index in [4.69, 9.17) is 0 Å². The summed E-state index contributed by atoms with van der Waals surface area (Å²) in [5.74, 6) is 0.0558. The summed E-state index contributed by atoms with van der Waals surface area (Å²) in [6.45, 7) is 8.03. The Balaban J connectivity index is 1.52. The van der Waals surface area contributed by atoms with Crippen molar-refractivity contribution < 1.29 is 14.4 Å². The van der Waals surface area contributed by atoms with E-state index in [1.54, 1.807) is 0 Å². The third-order valence-corrected chi connectivity index (χ3v) is 7.15. The van der Waals surface area contributed by atoms with Gasteiger partial charge in [-0.25, -0.2) is 0 Å². The van der Waals surface area contributed by atoms with E-state index in [0.29, 0.717) is 35.6 Å². The average molecular weight is 464 g/mol. The third kappa shape index (κ3) is 5.26. The largest absolute Gasteiger partial charge is 0.354 e. The van der Waals surface area contributed by atoms with Gasteiger partial charge in [0.05, 0.1) is 6.04 Å². The minimum absolute atomic E-state index is 0.0332. The van der Waals surface area contributed by atoms with Crippen LogP contribution < -0.4 is 10.6 Å². The van der Waals surface area contributed by atoms with Crippen LogP contribution in [0, 0.1) is 18.3 Å². The summed E-state index contributed by atoms with van der Waals surface area (Å²) in [7, 11) is 0. The van der Waals surface area contributed by atoms with Crippen molar-refractivity contribution in [1.82, 2.24) is 15.6 Å². The quantitative estimate of drug-likeness (QED) is 0.487. The molecular formula is C28H37N3O3. The number of aromatic nitrogens is 1. The maximum Gasteiger partial charge on any atom is 0.268 e. The van der Waals surface area contributed by atoms with E-state index in [1.165, 1.54) is 0 Å². The van der Waals surface area contributed by atoms with Gasteiger partial charge in [-0.2, -0.15) is 0 Å². The maximum atomic E-state index is 13.4. The average Bonchev–Trinajstić information content (AvgIpc) is 3.57. The maximum absolute atomic E-state index is 13.4. The molecule has 2 aromatic rings. The molecule has 2 aliphatic carbocycles. The molecule has 2 amide bonds. The number of hydrogen-bond acceptors (Lipinski definition) is 3. The molecule has 34 heavy (non-hydrogen) atoms. The molecule has 0 radical (unpaired) electrons. The summed E-state index contributed by atoms with van der Waals surface area (Å²) in [5, 5.41) is 6.20. The monoisotopic (exact) mass is 463 g/mol. The summed E-state index contributed by atoms with van der Waals surface area (Å²) in [4.78, 5) is 42.6. The van der Waals surface area contributed by atoms with E-state index in [-0.39, 0.29) is 29.1 Å². The highest BCUT2D eigenvalue weighted by Crippen LogP contribution is 2.41. The van der Waals surface area contributed by atoms with E-state index in [0.717, 1.165) is 43.4 Å². The van der Waals surface area contributed by atoms with Crippen molar-refractivity contribution >= 4 is 17.6 Å². The summed E-state index contributed by atoms with van der Waals surface area (Å²) >= 11 is 0. The molecule has 1 aromatic heterocycles. The van der Waals surface area contributed by atoms with Gasteiger partial charge in [0.25, 0.3) is 5.91 Å². The van der Waals surface area contributed by atoms with Crippen molar-refractivity contribution in [3.63, 3.8) is 0 Å². The van der Waals surface area contributed by atoms with Gasteiger partial charge < -0.3 is 15.6 Å². The number of nitrogens with one attached hydrogen (secondary N) is 3. The second kappa shape index (κ2) is 9.77. The lowest BCUT2D eigenvalue weighted by molar-refractivity contribution is -0.124. The number of H-pyrrole nitrogens is 1. The van der Waals surface area contributed by atoms with Crippen LogP contribution in [0.2, 0.25) is 0 Å². The number of rotatable bonds is 9. The van der Waals surface area contributed by atoms with Gasteiger partial charge in [-0.1, -0.05) is 63.9 Å². The predicted octanol–water partition coefficient (Wildman–Crippen LogP) is 5.03. The first-order chi connectivity index (χ1) is 16.2. The molecule has 6 nitrogen and oxygen atoms in total. The van der Waals surface area contributed by atoms with Crippen molar-refractivity contribution in [2.24, 2.45) is 11.3 Å². The highest BCUT2D eigenvalue weighted by atomic mass is 16.2. The lowest BCUT2D eigenvalue weighted by Crippen LogP contribution is -2.48. The molecule has 4 rings (SSSR count). The van der Waals surface area contributed by atoms with E-state index < -0.39 is 6.04 Å². The summed E-state index contributed by atoms with van der Waals surface area (Å²) in [6.07, 6.45) is 5.75. The fourth-order valence-electron chi connectivity index (χ4n) is 5.18. The smallest absolute Gasteiger partial charge is 0.268 e. The molecule has 6 heteroatoms. The van der Waals surface area contributed by atoms with Gasteiger partial charge >= 0.3 is 0 Å². The van der Waals surface area contributed by atoms with Crippen molar-refractivity contribution in [3.05, 3.63) is 58.4 Å². The second-order valence-corrected chi connectivity index (χ2v) is 10.8. The number of unbranched alkanes of at least 4 members (excludes halogenated alkanes) is 1. The Bertz CT molecular complexity index is 1070. The SMILES string of the molecule is CCCCC(NC(=O)c1[nH]c2c(c1C)C(=O)CC(C)(C)C2)C(=O)NC(c1ccccc1)C1CC1. The highest BCUT2D eigenvalue weighted by Gasteiger charge is 2.37. The summed E-state index contributed by atoms with van der Waals surface area (Å²) < 4.78 is 0. The number of ketones is 1. The minimum atomic E-state index is -0.621. The van der Waals surface area contributed by atoms with Crippen LogP contribution in [-0.4, -0.2) is 28.6 Å². The Morgan fingerprint density at radius 3 is 2.47 bits per heavy atom. The molecule has 0 bridgehead atoms. The number of carbonyl (C=O) groups excluding carboxylic acids is 3. The van der Waals surface area contributed by atoms with Crippen LogP contribution in [0.1, 0.15) is 103 Å². The van der Waals surface area contributed by atoms with Crippen LogP contribution in [-0.2, 0) is 11.2 Å². The Labute approximate surface area is 202 Å². The minimum Gasteiger partial charge on any atom is -0.354 e. The molecule has 0 saturated heterocycles. The van der Waals surface area contributed by atoms with Crippen LogP contribution in [0.3, 0.4) is 0 Å². The molecule has 182 valence electrons. The van der Waals surface area contributed by atoms with Crippen molar-refractivity contribution in [2.45, 2.75) is 84.7 Å². The van der Waals surface area contributed by atoms with E-state index in [1.807, 2.05) is 37.3 Å². The number of hydrogen-bond donors (Lipinski definition) is 3. The van der Waals surface area contributed by atoms with Crippen LogP contribution in [0.4, 0.5) is 0 Å². The zero-order chi connectivity index (χ0) is 24.5. The standard InChI is InChI=1S/C28H37N3O3/c1-5-6-12-20(26(33)31-25(19-13-14-19)18-10-8-7-9-11-18)30-27(34)24-17(2)23-21(29-24)15-28(3,4)16-22(23)32/h7-11,19-20,25,29H,5-6,12-16H2,1-4H3,(H,30,34)(H,31,33). The van der Waals surface area contributed by atoms with Gasteiger partial charge in [0, 0.05) is 17.7 Å². The van der Waals surface area contributed by atoms with E-state index >= 15 is 0 Å². The first kappa shape index (κ1) is 24.2. The van der Waals surface area contributed by atoms with Gasteiger partial charge in [-0.3, -0.25) is 14.4 Å². The van der Waals surface area contributed by atoms with Gasteiger partial charge in [0.2, 0.25) is 5.91 Å². The number of fused-ring (bicyclic) bond motifs is 1. The topological polar surface area (TPSA) is 91.1 Å². The zero-order valence-corrected chi connectivity index (χ0v) is 20.8. The molecule has 1 heterocycles. The van der Waals surface area contributed by atoms with E-state index in [2.05, 4.69) is 36.4 Å². The van der Waals surface area contributed by atoms with Crippen molar-refractivity contribution in [1.29, 1.82) is 0 Å². The molecule has 2 atom stereocenters. The number of aromatic amines is 1. The fraction of sp³-hybridized carbons (Fsp3) is 0.536. The molecular weight excluding hydrogens is 426 g/mol. The third-order valence-electron chi connectivity index (χ3n) is 7.15. The Morgan fingerprint density at radius 2 is 1.82 bits per heavy atom. The van der Waals surface area contributed by atoms with Gasteiger partial charge in [-0.05, 0) is 55.1 Å². The summed E-state index contributed by atoms with van der Waals surface area (Å²) in [6, 6.07) is 9.40. The van der Waals surface area contributed by atoms with Crippen molar-refractivity contribution in [2.75, 3.05) is 0 Å². The number of Topliss-reactive ketones (excluding diaryl/α,β-unsaturated/α-hetero) is 1. The predicted molar refractivity (Wildman–Crippen MR) is 133 cm³/mol. The molecule has 2 unspecified atom stereocenters. The Hall–Kier alpha value is -2.89. The summed E-state index contributed by atoms with van der Waals surface area (Å²) in [5.41, 5.74) is 3.53. The first-order valence-corrected chi connectivity index (χ1v) is 12.6. The molecule has 0 aliphatic heterocycles. The first-order valence-electron chi connectivity index (χ1n) is 12.6. The van der Waals surface area contributed by atoms with Crippen LogP contribution in [0.5, 0.6) is 0 Å². The normalized spacial score (nSPS) is 18.6. The molecule has 3 N–H and O–H groups in total. The molecule has 0 spiro atoms. The lowest BCUT2D eigenvalue weighted by Gasteiger charge is -2.28. The molecule has 1 saturated carbocycles.